The van der Waals surface area contributed by atoms with Gasteiger partial charge in [-0.3, -0.25) is 4.79 Å². The van der Waals surface area contributed by atoms with Crippen molar-refractivity contribution in [2.24, 2.45) is 5.10 Å². The number of nitrogens with zero attached hydrogens (tertiary/aromatic N) is 3. The molecular weight excluding hydrogens is 404 g/mol. The van der Waals surface area contributed by atoms with E-state index in [4.69, 9.17) is 4.74 Å². The monoisotopic (exact) mass is 432 g/mol. The van der Waals surface area contributed by atoms with Gasteiger partial charge in [0.15, 0.2) is 0 Å². The van der Waals surface area contributed by atoms with E-state index in [9.17, 15) is 4.79 Å². The quantitative estimate of drug-likeness (QED) is 0.394. The van der Waals surface area contributed by atoms with Crippen molar-refractivity contribution in [3.63, 3.8) is 0 Å². The molecule has 2 atom stereocenters. The molecule has 3 N–H and O–H groups in total. The molecule has 0 radical (unpaired) electrons. The molecule has 2 aromatic carbocycles. The predicted molar refractivity (Wildman–Crippen MR) is 124 cm³/mol. The first-order valence-electron chi connectivity index (χ1n) is 10.7. The molecule has 3 aromatic rings. The second-order valence-electron chi connectivity index (χ2n) is 7.70. The summed E-state index contributed by atoms with van der Waals surface area (Å²) >= 11 is 0. The van der Waals surface area contributed by atoms with Gasteiger partial charge in [0, 0.05) is 11.6 Å². The Morgan fingerprint density at radius 3 is 2.66 bits per heavy atom. The van der Waals surface area contributed by atoms with Crippen molar-refractivity contribution in [2.75, 3.05) is 6.61 Å². The van der Waals surface area contributed by atoms with Gasteiger partial charge in [-0.25, -0.2) is 21.0 Å². The first-order chi connectivity index (χ1) is 15.6. The Labute approximate surface area is 187 Å². The molecule has 1 aliphatic rings. The number of carbonyl (C=O) groups is 1. The highest BCUT2D eigenvalue weighted by molar-refractivity contribution is 5.86. The average molecular weight is 433 g/mol. The van der Waals surface area contributed by atoms with Crippen LogP contribution < -0.4 is 21.0 Å². The molecule has 1 amide bonds. The standard InChI is InChI=1S/C24H28N6O2/c1-4-32-20-12-10-18(11-13-20)22-14-23(27-26-22)24(31)28-25-15-21-16(2)29-30(17(21)3)19-8-6-5-7-9-19/h5-13,15,22-23,26-27H,4,14H2,1-3H3,(H,28,31)/b25-15+. The van der Waals surface area contributed by atoms with Crippen LogP contribution in [0.3, 0.4) is 0 Å². The Morgan fingerprint density at radius 1 is 1.19 bits per heavy atom. The van der Waals surface area contributed by atoms with Crippen LogP contribution in [-0.4, -0.2) is 34.6 Å². The van der Waals surface area contributed by atoms with Crippen LogP contribution in [0.2, 0.25) is 0 Å². The van der Waals surface area contributed by atoms with Crippen molar-refractivity contribution in [1.29, 1.82) is 0 Å². The number of aromatic nitrogens is 2. The summed E-state index contributed by atoms with van der Waals surface area (Å²) in [5.41, 5.74) is 13.7. The summed E-state index contributed by atoms with van der Waals surface area (Å²) in [6.07, 6.45) is 2.28. The summed E-state index contributed by atoms with van der Waals surface area (Å²) in [6.45, 7) is 6.51. The molecule has 8 heteroatoms. The van der Waals surface area contributed by atoms with Crippen LogP contribution in [-0.2, 0) is 4.79 Å². The fourth-order valence-corrected chi connectivity index (χ4v) is 3.81. The minimum absolute atomic E-state index is 0.0407. The van der Waals surface area contributed by atoms with Gasteiger partial charge in [-0.2, -0.15) is 10.2 Å². The molecule has 166 valence electrons. The third-order valence-corrected chi connectivity index (χ3v) is 5.53. The van der Waals surface area contributed by atoms with E-state index in [1.165, 1.54) is 0 Å². The maximum Gasteiger partial charge on any atom is 0.258 e. The first-order valence-corrected chi connectivity index (χ1v) is 10.7. The zero-order valence-electron chi connectivity index (χ0n) is 18.5. The maximum atomic E-state index is 12.6. The number of rotatable bonds is 7. The van der Waals surface area contributed by atoms with Crippen LogP contribution in [0.25, 0.3) is 5.69 Å². The molecule has 0 spiro atoms. The minimum Gasteiger partial charge on any atom is -0.494 e. The van der Waals surface area contributed by atoms with Gasteiger partial charge in [-0.1, -0.05) is 30.3 Å². The number of hydrazone groups is 1. The number of aryl methyl sites for hydroxylation is 1. The van der Waals surface area contributed by atoms with Gasteiger partial charge >= 0.3 is 0 Å². The fourth-order valence-electron chi connectivity index (χ4n) is 3.81. The van der Waals surface area contributed by atoms with Crippen molar-refractivity contribution >= 4 is 12.1 Å². The van der Waals surface area contributed by atoms with Gasteiger partial charge in [0.1, 0.15) is 11.8 Å². The maximum absolute atomic E-state index is 12.6. The number of hydrogen-bond donors (Lipinski definition) is 3. The summed E-state index contributed by atoms with van der Waals surface area (Å²) in [4.78, 5) is 12.6. The molecule has 1 fully saturated rings. The van der Waals surface area contributed by atoms with E-state index in [2.05, 4.69) is 26.5 Å². The Hall–Kier alpha value is -3.49. The summed E-state index contributed by atoms with van der Waals surface area (Å²) in [5, 5.41) is 8.78. The normalized spacial score (nSPS) is 18.2. The van der Waals surface area contributed by atoms with Gasteiger partial charge < -0.3 is 4.74 Å². The zero-order valence-corrected chi connectivity index (χ0v) is 18.5. The van der Waals surface area contributed by atoms with Gasteiger partial charge in [0.05, 0.1) is 29.9 Å². The molecule has 2 heterocycles. The Morgan fingerprint density at radius 2 is 1.94 bits per heavy atom. The van der Waals surface area contributed by atoms with E-state index in [1.807, 2.05) is 80.1 Å². The summed E-state index contributed by atoms with van der Waals surface area (Å²) in [6, 6.07) is 17.5. The van der Waals surface area contributed by atoms with E-state index in [0.29, 0.717) is 13.0 Å². The fraction of sp³-hybridized carbons (Fsp3) is 0.292. The number of nitrogens with one attached hydrogen (secondary N) is 3. The molecular formula is C24H28N6O2. The number of para-hydroxylation sites is 1. The van der Waals surface area contributed by atoms with Gasteiger partial charge in [-0.15, -0.1) is 0 Å². The lowest BCUT2D eigenvalue weighted by molar-refractivity contribution is -0.122. The second-order valence-corrected chi connectivity index (χ2v) is 7.70. The Bertz CT molecular complexity index is 1090. The number of benzene rings is 2. The molecule has 0 aliphatic carbocycles. The molecule has 8 nitrogen and oxygen atoms in total. The molecule has 0 bridgehead atoms. The lowest BCUT2D eigenvalue weighted by Crippen LogP contribution is -2.41. The summed E-state index contributed by atoms with van der Waals surface area (Å²) in [7, 11) is 0. The lowest BCUT2D eigenvalue weighted by atomic mass is 10.0. The third-order valence-electron chi connectivity index (χ3n) is 5.53. The number of hydrogen-bond acceptors (Lipinski definition) is 6. The first kappa shape index (κ1) is 21.7. The van der Waals surface area contributed by atoms with Crippen molar-refractivity contribution in [1.82, 2.24) is 26.1 Å². The van der Waals surface area contributed by atoms with Crippen molar-refractivity contribution in [3.8, 4) is 11.4 Å². The van der Waals surface area contributed by atoms with Crippen molar-refractivity contribution in [2.45, 2.75) is 39.3 Å². The Kier molecular flexibility index (Phi) is 6.63. The number of carbonyl (C=O) groups excluding carboxylic acids is 1. The smallest absolute Gasteiger partial charge is 0.258 e. The van der Waals surface area contributed by atoms with Gasteiger partial charge in [0.2, 0.25) is 0 Å². The van der Waals surface area contributed by atoms with Crippen molar-refractivity contribution < 1.29 is 9.53 Å². The largest absolute Gasteiger partial charge is 0.494 e. The molecule has 2 unspecified atom stereocenters. The van der Waals surface area contributed by atoms with E-state index < -0.39 is 0 Å². The summed E-state index contributed by atoms with van der Waals surface area (Å²) < 4.78 is 7.36. The lowest BCUT2D eigenvalue weighted by Gasteiger charge is -2.10. The topological polar surface area (TPSA) is 92.6 Å². The highest BCUT2D eigenvalue weighted by atomic mass is 16.5. The molecule has 1 aliphatic heterocycles. The van der Waals surface area contributed by atoms with Crippen LogP contribution in [0.4, 0.5) is 0 Å². The SMILES string of the molecule is CCOc1ccc(C2CC(C(=O)N/N=C/c3c(C)nn(-c4ccccc4)c3C)NN2)cc1. The predicted octanol–water partition coefficient (Wildman–Crippen LogP) is 2.95. The average Bonchev–Trinajstić information content (AvgIpc) is 3.41. The minimum atomic E-state index is -0.377. The highest BCUT2D eigenvalue weighted by Gasteiger charge is 2.30. The van der Waals surface area contributed by atoms with Crippen LogP contribution >= 0.6 is 0 Å². The van der Waals surface area contributed by atoms with Gasteiger partial charge in [-0.05, 0) is 57.0 Å². The van der Waals surface area contributed by atoms with E-state index in [1.54, 1.807) is 6.21 Å². The van der Waals surface area contributed by atoms with Crippen LogP contribution in [0.1, 0.15) is 41.9 Å². The number of hydrazine groups is 1. The summed E-state index contributed by atoms with van der Waals surface area (Å²) in [5.74, 6) is 0.653. The molecule has 1 aromatic heterocycles. The van der Waals surface area contributed by atoms with Crippen molar-refractivity contribution in [3.05, 3.63) is 77.1 Å². The van der Waals surface area contributed by atoms with Crippen LogP contribution in [0.5, 0.6) is 5.75 Å². The molecule has 1 saturated heterocycles. The highest BCUT2D eigenvalue weighted by Crippen LogP contribution is 2.24. The van der Waals surface area contributed by atoms with Crippen LogP contribution in [0, 0.1) is 13.8 Å². The van der Waals surface area contributed by atoms with Crippen LogP contribution in [0.15, 0.2) is 59.7 Å². The molecule has 0 saturated carbocycles. The number of amides is 1. The number of ether oxygens (including phenoxy) is 1. The van der Waals surface area contributed by atoms with E-state index in [-0.39, 0.29) is 18.0 Å². The van der Waals surface area contributed by atoms with E-state index in [0.717, 1.165) is 34.0 Å². The zero-order chi connectivity index (χ0) is 22.5. The Balaban J connectivity index is 1.36. The second kappa shape index (κ2) is 9.76. The van der Waals surface area contributed by atoms with Gasteiger partial charge in [0.25, 0.3) is 5.91 Å². The van der Waals surface area contributed by atoms with E-state index >= 15 is 0 Å². The molecule has 4 rings (SSSR count). The third kappa shape index (κ3) is 4.71. The molecule has 32 heavy (non-hydrogen) atoms.